The average Bonchev–Trinajstić information content (AvgIpc) is 1.88. The maximum Gasteiger partial charge on any atom is 1.00 e. The molecule has 0 aliphatic heterocycles. The first-order valence-electron chi connectivity index (χ1n) is 2.61. The van der Waals surface area contributed by atoms with Crippen molar-refractivity contribution in [3.63, 3.8) is 0 Å². The van der Waals surface area contributed by atoms with Crippen LogP contribution in [0.15, 0.2) is 24.3 Å². The largest absolute Gasteiger partial charge is 1.00 e. The third-order valence-corrected chi connectivity index (χ3v) is 1.37. The van der Waals surface area contributed by atoms with E-state index in [0.29, 0.717) is 0 Å². The second-order valence-corrected chi connectivity index (χ2v) is 2.12. The van der Waals surface area contributed by atoms with Crippen LogP contribution in [0.2, 0.25) is 5.02 Å². The van der Waals surface area contributed by atoms with Gasteiger partial charge in [-0.05, 0) is 6.07 Å². The maximum atomic E-state index is 10.1. The van der Waals surface area contributed by atoms with E-state index in [1.165, 1.54) is 12.1 Å². The molecule has 0 saturated heterocycles. The third-order valence-electron chi connectivity index (χ3n) is 1.05. The first-order valence-corrected chi connectivity index (χ1v) is 2.98. The lowest BCUT2D eigenvalue weighted by Gasteiger charge is -1.90. The van der Waals surface area contributed by atoms with Gasteiger partial charge in [-0.15, -0.1) is 0 Å². The lowest BCUT2D eigenvalue weighted by molar-refractivity contribution is -0.384. The summed E-state index contributed by atoms with van der Waals surface area (Å²) in [5, 5.41) is 10.3. The van der Waals surface area contributed by atoms with Crippen molar-refractivity contribution in [2.75, 3.05) is 0 Å². The molecule has 4 heteroatoms. The molecule has 0 unspecified atom stereocenters. The quantitative estimate of drug-likeness (QED) is 0.465. The predicted octanol–water partition coefficient (Wildman–Crippen LogP) is 2.36. The van der Waals surface area contributed by atoms with Gasteiger partial charge in [0.05, 0.1) is 4.92 Å². The number of halogens is 1. The van der Waals surface area contributed by atoms with Crippen LogP contribution in [0.5, 0.6) is 0 Å². The second-order valence-electron chi connectivity index (χ2n) is 1.71. The summed E-state index contributed by atoms with van der Waals surface area (Å²) in [7, 11) is 0. The number of para-hydroxylation sites is 1. The minimum Gasteiger partial charge on any atom is -0.258 e. The highest BCUT2D eigenvalue weighted by atomic mass is 35.5. The molecule has 0 radical (unpaired) electrons. The highest BCUT2D eigenvalue weighted by Crippen LogP contribution is 2.21. The Bertz CT molecular complexity index is 267. The Balaban J connectivity index is 0.000001000. The van der Waals surface area contributed by atoms with Gasteiger partial charge >= 0.3 is 1.43 Å². The van der Waals surface area contributed by atoms with Crippen LogP contribution in [0.4, 0.5) is 5.69 Å². The summed E-state index contributed by atoms with van der Waals surface area (Å²) >= 11 is 5.48. The van der Waals surface area contributed by atoms with Gasteiger partial charge < -0.3 is 0 Å². The minimum atomic E-state index is -0.512. The van der Waals surface area contributed by atoms with E-state index in [2.05, 4.69) is 0 Å². The zero-order chi connectivity index (χ0) is 7.56. The van der Waals surface area contributed by atoms with E-state index in [0.717, 1.165) is 0 Å². The third kappa shape index (κ3) is 1.25. The zero-order valence-corrected chi connectivity index (χ0v) is 5.71. The highest BCUT2D eigenvalue weighted by molar-refractivity contribution is 6.32. The SMILES string of the molecule is O=[N+]([O-])c1ccccc1Cl.[H+]. The second kappa shape index (κ2) is 2.66. The summed E-state index contributed by atoms with van der Waals surface area (Å²) < 4.78 is 0. The molecule has 1 rings (SSSR count). The van der Waals surface area contributed by atoms with Crippen LogP contribution < -0.4 is 0 Å². The van der Waals surface area contributed by atoms with Crippen molar-refractivity contribution in [1.29, 1.82) is 0 Å². The fourth-order valence-electron chi connectivity index (χ4n) is 0.600. The molecule has 0 heterocycles. The molecule has 1 aromatic rings. The molecule has 0 fully saturated rings. The van der Waals surface area contributed by atoms with Crippen LogP contribution >= 0.6 is 11.6 Å². The molecule has 0 aliphatic rings. The molecule has 0 N–H and O–H groups in total. The van der Waals surface area contributed by atoms with Crippen molar-refractivity contribution in [3.05, 3.63) is 39.4 Å². The smallest absolute Gasteiger partial charge is 0.258 e. The van der Waals surface area contributed by atoms with Crippen molar-refractivity contribution in [2.24, 2.45) is 0 Å². The highest BCUT2D eigenvalue weighted by Gasteiger charge is 2.08. The van der Waals surface area contributed by atoms with E-state index in [1.807, 2.05) is 0 Å². The first kappa shape index (κ1) is 7.02. The Hall–Kier alpha value is -1.09. The number of hydrogen-bond donors (Lipinski definition) is 0. The molecule has 0 atom stereocenters. The fraction of sp³-hybridized carbons (Fsp3) is 0. The fourth-order valence-corrected chi connectivity index (χ4v) is 0.805. The van der Waals surface area contributed by atoms with Gasteiger partial charge in [-0.3, -0.25) is 10.1 Å². The van der Waals surface area contributed by atoms with Crippen LogP contribution in [-0.2, 0) is 0 Å². The van der Waals surface area contributed by atoms with Crippen LogP contribution in [0.3, 0.4) is 0 Å². The van der Waals surface area contributed by atoms with Crippen molar-refractivity contribution in [2.45, 2.75) is 0 Å². The van der Waals surface area contributed by atoms with Crippen LogP contribution in [0.1, 0.15) is 1.43 Å². The molecular weight excluding hydrogens is 154 g/mol. The lowest BCUT2D eigenvalue weighted by atomic mass is 10.3. The van der Waals surface area contributed by atoms with Crippen LogP contribution in [0, 0.1) is 10.1 Å². The van der Waals surface area contributed by atoms with Crippen molar-refractivity contribution >= 4 is 17.3 Å². The monoisotopic (exact) mass is 158 g/mol. The molecule has 0 aliphatic carbocycles. The average molecular weight is 159 g/mol. The summed E-state index contributed by atoms with van der Waals surface area (Å²) in [6, 6.07) is 6.07. The summed E-state index contributed by atoms with van der Waals surface area (Å²) in [5.41, 5.74) is -0.0517. The number of nitro groups is 1. The Morgan fingerprint density at radius 2 is 2.10 bits per heavy atom. The number of rotatable bonds is 1. The van der Waals surface area contributed by atoms with E-state index in [1.54, 1.807) is 12.1 Å². The molecular formula is C6H5ClNO2+. The van der Waals surface area contributed by atoms with Gasteiger partial charge in [0.2, 0.25) is 0 Å². The van der Waals surface area contributed by atoms with E-state index in [4.69, 9.17) is 11.6 Å². The van der Waals surface area contributed by atoms with Crippen molar-refractivity contribution < 1.29 is 6.35 Å². The van der Waals surface area contributed by atoms with Crippen molar-refractivity contribution in [3.8, 4) is 0 Å². The van der Waals surface area contributed by atoms with Gasteiger partial charge in [-0.25, -0.2) is 0 Å². The van der Waals surface area contributed by atoms with Gasteiger partial charge in [0, 0.05) is 6.07 Å². The molecule has 3 nitrogen and oxygen atoms in total. The van der Waals surface area contributed by atoms with Crippen LogP contribution in [0.25, 0.3) is 0 Å². The maximum absolute atomic E-state index is 10.1. The Morgan fingerprint density at radius 3 is 2.50 bits per heavy atom. The molecule has 1 aromatic carbocycles. The van der Waals surface area contributed by atoms with Gasteiger partial charge in [-0.2, -0.15) is 0 Å². The summed E-state index contributed by atoms with van der Waals surface area (Å²) in [6.07, 6.45) is 0. The normalized spacial score (nSPS) is 9.30. The molecule has 0 spiro atoms. The molecule has 0 bridgehead atoms. The molecule has 0 aromatic heterocycles. The van der Waals surface area contributed by atoms with Gasteiger partial charge in [0.15, 0.2) is 0 Å². The lowest BCUT2D eigenvalue weighted by Crippen LogP contribution is -1.87. The Morgan fingerprint density at radius 1 is 1.50 bits per heavy atom. The minimum absolute atomic E-state index is 0. The van der Waals surface area contributed by atoms with Gasteiger partial charge in [0.25, 0.3) is 5.69 Å². The van der Waals surface area contributed by atoms with E-state index >= 15 is 0 Å². The Labute approximate surface area is 63.9 Å². The van der Waals surface area contributed by atoms with E-state index in [-0.39, 0.29) is 12.1 Å². The molecule has 10 heavy (non-hydrogen) atoms. The summed E-state index contributed by atoms with van der Waals surface area (Å²) in [4.78, 5) is 9.63. The molecule has 52 valence electrons. The molecule has 0 saturated carbocycles. The number of nitro benzene ring substituents is 1. The van der Waals surface area contributed by atoms with Gasteiger partial charge in [0.1, 0.15) is 5.02 Å². The zero-order valence-electron chi connectivity index (χ0n) is 5.95. The van der Waals surface area contributed by atoms with E-state index < -0.39 is 4.92 Å². The number of hydrogen-bond acceptors (Lipinski definition) is 2. The summed E-state index contributed by atoms with van der Waals surface area (Å²) in [6.45, 7) is 0. The standard InChI is InChI=1S/C6H4ClNO2/c7-5-3-1-2-4-6(5)8(9)10/h1-4H/p+1. The predicted molar refractivity (Wildman–Crippen MR) is 39.2 cm³/mol. The van der Waals surface area contributed by atoms with Crippen molar-refractivity contribution in [1.82, 2.24) is 0 Å². The number of nitrogens with zero attached hydrogens (tertiary/aromatic N) is 1. The summed E-state index contributed by atoms with van der Waals surface area (Å²) in [5.74, 6) is 0. The number of benzene rings is 1. The molecule has 0 amide bonds. The van der Waals surface area contributed by atoms with E-state index in [9.17, 15) is 10.1 Å². The Kier molecular flexibility index (Phi) is 1.87. The topological polar surface area (TPSA) is 43.1 Å². The van der Waals surface area contributed by atoms with Gasteiger partial charge in [-0.1, -0.05) is 23.7 Å². The van der Waals surface area contributed by atoms with Crippen LogP contribution in [-0.4, -0.2) is 4.92 Å². The first-order chi connectivity index (χ1) is 4.72.